The zero-order valence-corrected chi connectivity index (χ0v) is 19.2. The van der Waals surface area contributed by atoms with E-state index < -0.39 is 0 Å². The molecule has 33 heavy (non-hydrogen) atoms. The van der Waals surface area contributed by atoms with Gasteiger partial charge in [0.15, 0.2) is 0 Å². The minimum Gasteiger partial charge on any atom is -0.333 e. The molecule has 0 saturated carbocycles. The van der Waals surface area contributed by atoms with Crippen LogP contribution in [-0.2, 0) is 0 Å². The minimum atomic E-state index is 0.310. The Hall–Kier alpha value is -3.62. The van der Waals surface area contributed by atoms with Gasteiger partial charge in [-0.1, -0.05) is 85.0 Å². The molecule has 7 rings (SSSR count). The molecule has 2 aliphatic rings. The number of benzene rings is 4. The van der Waals surface area contributed by atoms with Crippen LogP contribution in [-0.4, -0.2) is 6.04 Å². The summed E-state index contributed by atoms with van der Waals surface area (Å²) in [5.41, 5.74) is 7.87. The molecular weight excluding hydrogens is 418 g/mol. The van der Waals surface area contributed by atoms with Crippen LogP contribution in [0.15, 0.2) is 109 Å². The van der Waals surface area contributed by atoms with E-state index in [1.54, 1.807) is 0 Å². The van der Waals surface area contributed by atoms with Crippen LogP contribution in [0.2, 0.25) is 0 Å². The summed E-state index contributed by atoms with van der Waals surface area (Å²) >= 11 is 1.90. The lowest BCUT2D eigenvalue weighted by Gasteiger charge is -2.30. The van der Waals surface area contributed by atoms with Crippen LogP contribution in [0.1, 0.15) is 17.0 Å². The van der Waals surface area contributed by atoms with Gasteiger partial charge in [-0.05, 0) is 47.9 Å². The van der Waals surface area contributed by atoms with Gasteiger partial charge in [-0.2, -0.15) is 0 Å². The third kappa shape index (κ3) is 2.84. The predicted molar refractivity (Wildman–Crippen MR) is 143 cm³/mol. The molecule has 0 amide bonds. The van der Waals surface area contributed by atoms with Crippen molar-refractivity contribution in [3.05, 3.63) is 120 Å². The van der Waals surface area contributed by atoms with E-state index in [2.05, 4.69) is 121 Å². The van der Waals surface area contributed by atoms with Crippen molar-refractivity contribution >= 4 is 42.9 Å². The summed E-state index contributed by atoms with van der Waals surface area (Å²) in [6.45, 7) is 2.17. The molecule has 0 fully saturated rings. The van der Waals surface area contributed by atoms with Crippen molar-refractivity contribution in [2.45, 2.75) is 18.9 Å². The van der Waals surface area contributed by atoms with E-state index in [4.69, 9.17) is 0 Å². The maximum Gasteiger partial charge on any atom is 0.0629 e. The number of allylic oxidation sites excluding steroid dienone is 2. The molecule has 1 aliphatic heterocycles. The van der Waals surface area contributed by atoms with Gasteiger partial charge in [-0.3, -0.25) is 0 Å². The summed E-state index contributed by atoms with van der Waals surface area (Å²) in [4.78, 5) is 2.54. The van der Waals surface area contributed by atoms with Gasteiger partial charge in [0.05, 0.1) is 6.04 Å². The third-order valence-electron chi connectivity index (χ3n) is 7.06. The van der Waals surface area contributed by atoms with Gasteiger partial charge in [0.2, 0.25) is 0 Å². The van der Waals surface area contributed by atoms with E-state index in [9.17, 15) is 0 Å². The van der Waals surface area contributed by atoms with Crippen molar-refractivity contribution in [1.82, 2.24) is 0 Å². The van der Waals surface area contributed by atoms with Gasteiger partial charge in [0.1, 0.15) is 0 Å². The molecule has 0 bridgehead atoms. The second-order valence-electron chi connectivity index (χ2n) is 9.04. The van der Waals surface area contributed by atoms with Crippen molar-refractivity contribution in [2.24, 2.45) is 0 Å². The lowest BCUT2D eigenvalue weighted by Crippen LogP contribution is -2.28. The summed E-state index contributed by atoms with van der Waals surface area (Å²) in [5.74, 6) is 0.396. The fourth-order valence-electron chi connectivity index (χ4n) is 5.55. The number of hydrogen-bond acceptors (Lipinski definition) is 2. The van der Waals surface area contributed by atoms with Gasteiger partial charge >= 0.3 is 0 Å². The highest BCUT2D eigenvalue weighted by molar-refractivity contribution is 7.25. The predicted octanol–water partition coefficient (Wildman–Crippen LogP) is 8.76. The van der Waals surface area contributed by atoms with Gasteiger partial charge < -0.3 is 4.90 Å². The van der Waals surface area contributed by atoms with Gasteiger partial charge in [0, 0.05) is 43.0 Å². The average Bonchev–Trinajstić information content (AvgIpc) is 3.38. The third-order valence-corrected chi connectivity index (χ3v) is 8.18. The quantitative estimate of drug-likeness (QED) is 0.265. The summed E-state index contributed by atoms with van der Waals surface area (Å²) in [6, 6.07) is 31.8. The first-order valence-corrected chi connectivity index (χ1v) is 12.3. The molecule has 0 N–H and O–H groups in total. The number of para-hydroxylation sites is 2. The topological polar surface area (TPSA) is 3.24 Å². The number of thiophene rings is 1. The molecule has 1 aromatic heterocycles. The number of hydrogen-bond donors (Lipinski definition) is 0. The molecule has 1 nitrogen and oxygen atoms in total. The molecule has 5 aromatic rings. The Morgan fingerprint density at radius 3 is 2.33 bits per heavy atom. The number of nitrogens with zero attached hydrogens (tertiary/aromatic N) is 1. The van der Waals surface area contributed by atoms with E-state index in [1.165, 1.54) is 53.8 Å². The Morgan fingerprint density at radius 2 is 1.42 bits per heavy atom. The molecule has 158 valence electrons. The summed E-state index contributed by atoms with van der Waals surface area (Å²) in [7, 11) is 0. The largest absolute Gasteiger partial charge is 0.333 e. The maximum absolute atomic E-state index is 2.54. The van der Waals surface area contributed by atoms with E-state index in [-0.39, 0.29) is 0 Å². The SMILES string of the molecule is Cc1ccc2c(c1)sc1cc(-c3ccccc3N3c4ccccc4C4C=CC=CC43)ccc12. The standard InChI is InChI=1S/C31H23NS/c1-20-14-16-25-26-17-15-21(19-31(26)33-30(25)18-20)22-8-2-5-11-27(22)32-28-12-6-3-9-23(28)24-10-4-7-13-29(24)32/h2-19,23,28H,1H3. The highest BCUT2D eigenvalue weighted by Crippen LogP contribution is 2.50. The van der Waals surface area contributed by atoms with Crippen molar-refractivity contribution < 1.29 is 0 Å². The molecular formula is C31H23NS. The van der Waals surface area contributed by atoms with Crippen molar-refractivity contribution in [1.29, 1.82) is 0 Å². The molecule has 2 unspecified atom stereocenters. The number of anilines is 2. The lowest BCUT2D eigenvalue weighted by atomic mass is 9.91. The van der Waals surface area contributed by atoms with Gasteiger partial charge in [0.25, 0.3) is 0 Å². The van der Waals surface area contributed by atoms with Crippen LogP contribution in [0.5, 0.6) is 0 Å². The van der Waals surface area contributed by atoms with Crippen molar-refractivity contribution in [2.75, 3.05) is 4.90 Å². The Labute approximate surface area is 197 Å². The number of fused-ring (bicyclic) bond motifs is 6. The van der Waals surface area contributed by atoms with E-state index in [0.29, 0.717) is 12.0 Å². The smallest absolute Gasteiger partial charge is 0.0629 e. The van der Waals surface area contributed by atoms with E-state index in [0.717, 1.165) is 0 Å². The highest BCUT2D eigenvalue weighted by Gasteiger charge is 2.37. The molecule has 2 heteroatoms. The van der Waals surface area contributed by atoms with Crippen molar-refractivity contribution in [3.8, 4) is 11.1 Å². The van der Waals surface area contributed by atoms with Crippen molar-refractivity contribution in [3.63, 3.8) is 0 Å². The fourth-order valence-corrected chi connectivity index (χ4v) is 6.79. The van der Waals surface area contributed by atoms with Crippen LogP contribution in [0, 0.1) is 6.92 Å². The minimum absolute atomic E-state index is 0.310. The van der Waals surface area contributed by atoms with Crippen LogP contribution in [0.4, 0.5) is 11.4 Å². The van der Waals surface area contributed by atoms with Gasteiger partial charge in [-0.25, -0.2) is 0 Å². The molecule has 0 spiro atoms. The molecule has 2 atom stereocenters. The molecule has 2 heterocycles. The second kappa shape index (κ2) is 7.19. The normalized spacial score (nSPS) is 18.8. The molecule has 0 radical (unpaired) electrons. The van der Waals surface area contributed by atoms with E-state index >= 15 is 0 Å². The van der Waals surface area contributed by atoms with Gasteiger partial charge in [-0.15, -0.1) is 11.3 Å². The Kier molecular flexibility index (Phi) is 4.12. The average molecular weight is 442 g/mol. The maximum atomic E-state index is 2.54. The van der Waals surface area contributed by atoms with E-state index in [1.807, 2.05) is 11.3 Å². The zero-order chi connectivity index (χ0) is 21.9. The first kappa shape index (κ1) is 18.9. The lowest BCUT2D eigenvalue weighted by molar-refractivity contribution is 0.745. The molecule has 4 aromatic carbocycles. The monoisotopic (exact) mass is 441 g/mol. The fraction of sp³-hybridized carbons (Fsp3) is 0.0968. The summed E-state index contributed by atoms with van der Waals surface area (Å²) < 4.78 is 2.72. The van der Waals surface area contributed by atoms with Crippen LogP contribution >= 0.6 is 11.3 Å². The molecule has 1 aliphatic carbocycles. The van der Waals surface area contributed by atoms with Crippen LogP contribution in [0.3, 0.4) is 0 Å². The number of rotatable bonds is 2. The Bertz CT molecular complexity index is 1600. The first-order valence-electron chi connectivity index (χ1n) is 11.5. The van der Waals surface area contributed by atoms with Crippen LogP contribution in [0.25, 0.3) is 31.3 Å². The first-order chi connectivity index (χ1) is 16.3. The number of aryl methyl sites for hydroxylation is 1. The summed E-state index contributed by atoms with van der Waals surface area (Å²) in [5, 5.41) is 2.71. The van der Waals surface area contributed by atoms with Crippen LogP contribution < -0.4 is 4.90 Å². The second-order valence-corrected chi connectivity index (χ2v) is 10.1. The Morgan fingerprint density at radius 1 is 0.697 bits per heavy atom. The zero-order valence-electron chi connectivity index (χ0n) is 18.4. The summed E-state index contributed by atoms with van der Waals surface area (Å²) in [6.07, 6.45) is 9.06. The Balaban J connectivity index is 1.41. The molecule has 0 saturated heterocycles. The highest BCUT2D eigenvalue weighted by atomic mass is 32.1.